The maximum atomic E-state index is 5.25. The monoisotopic (exact) mass is 265 g/mol. The van der Waals surface area contributed by atoms with Gasteiger partial charge in [0, 0.05) is 30.4 Å². The first kappa shape index (κ1) is 15.9. The van der Waals surface area contributed by atoms with Gasteiger partial charge in [-0.2, -0.15) is 0 Å². The third-order valence-corrected chi connectivity index (χ3v) is 3.27. The lowest BCUT2D eigenvalue weighted by molar-refractivity contribution is 0.269. The minimum Gasteiger partial charge on any atom is -0.497 e. The third-order valence-electron chi connectivity index (χ3n) is 3.27. The fourth-order valence-corrected chi connectivity index (χ4v) is 1.84. The van der Waals surface area contributed by atoms with E-state index in [4.69, 9.17) is 4.74 Å². The van der Waals surface area contributed by atoms with Crippen LogP contribution in [-0.4, -0.2) is 43.2 Å². The van der Waals surface area contributed by atoms with Crippen molar-refractivity contribution in [3.63, 3.8) is 0 Å². The number of aromatic nitrogens is 1. The molecule has 0 spiro atoms. The first-order valence-corrected chi connectivity index (χ1v) is 6.95. The predicted octanol–water partition coefficient (Wildman–Crippen LogP) is 2.22. The quantitative estimate of drug-likeness (QED) is 0.731. The van der Waals surface area contributed by atoms with Crippen LogP contribution in [0.5, 0.6) is 5.75 Å². The van der Waals surface area contributed by atoms with Crippen LogP contribution in [-0.2, 0) is 6.54 Å². The number of aryl methyl sites for hydroxylation is 1. The summed E-state index contributed by atoms with van der Waals surface area (Å²) in [4.78, 5) is 6.85. The fraction of sp³-hybridized carbons (Fsp3) is 0.667. The molecule has 0 aliphatic heterocycles. The molecule has 19 heavy (non-hydrogen) atoms. The van der Waals surface area contributed by atoms with Gasteiger partial charge in [-0.15, -0.1) is 0 Å². The van der Waals surface area contributed by atoms with Crippen LogP contribution in [0.3, 0.4) is 0 Å². The minimum absolute atomic E-state index is 0.614. The first-order valence-electron chi connectivity index (χ1n) is 6.95. The number of hydrogen-bond donors (Lipinski definition) is 1. The van der Waals surface area contributed by atoms with Gasteiger partial charge in [0.05, 0.1) is 12.8 Å². The molecule has 0 atom stereocenters. The smallest absolute Gasteiger partial charge is 0.122 e. The lowest BCUT2D eigenvalue weighted by Crippen LogP contribution is -2.29. The van der Waals surface area contributed by atoms with Gasteiger partial charge in [-0.25, -0.2) is 0 Å². The Kier molecular flexibility index (Phi) is 6.81. The Bertz CT molecular complexity index is 380. The van der Waals surface area contributed by atoms with E-state index in [1.807, 2.05) is 19.1 Å². The highest BCUT2D eigenvalue weighted by atomic mass is 16.5. The molecule has 4 nitrogen and oxygen atoms in total. The fourth-order valence-electron chi connectivity index (χ4n) is 1.84. The molecule has 0 bridgehead atoms. The summed E-state index contributed by atoms with van der Waals surface area (Å²) in [5.41, 5.74) is 2.03. The van der Waals surface area contributed by atoms with Crippen LogP contribution in [0, 0.1) is 6.92 Å². The van der Waals surface area contributed by atoms with Gasteiger partial charge in [-0.3, -0.25) is 4.98 Å². The number of ether oxygens (including phenoxy) is 1. The van der Waals surface area contributed by atoms with Gasteiger partial charge >= 0.3 is 0 Å². The van der Waals surface area contributed by atoms with Crippen molar-refractivity contribution in [1.82, 2.24) is 15.2 Å². The summed E-state index contributed by atoms with van der Waals surface area (Å²) >= 11 is 0. The van der Waals surface area contributed by atoms with Gasteiger partial charge in [-0.05, 0) is 47.3 Å². The normalized spacial score (nSPS) is 11.3. The van der Waals surface area contributed by atoms with Gasteiger partial charge in [0.25, 0.3) is 0 Å². The molecule has 108 valence electrons. The van der Waals surface area contributed by atoms with Crippen LogP contribution in [0.2, 0.25) is 0 Å². The summed E-state index contributed by atoms with van der Waals surface area (Å²) in [6, 6.07) is 4.55. The Morgan fingerprint density at radius 2 is 2.11 bits per heavy atom. The minimum atomic E-state index is 0.614. The summed E-state index contributed by atoms with van der Waals surface area (Å²) in [6.07, 6.45) is 1.15. The van der Waals surface area contributed by atoms with E-state index in [2.05, 4.69) is 36.1 Å². The molecular formula is C15H27N3O. The van der Waals surface area contributed by atoms with Crippen molar-refractivity contribution in [2.45, 2.75) is 39.8 Å². The van der Waals surface area contributed by atoms with Crippen molar-refractivity contribution in [3.05, 3.63) is 23.5 Å². The Morgan fingerprint density at radius 3 is 2.74 bits per heavy atom. The first-order chi connectivity index (χ1) is 9.02. The molecule has 4 heteroatoms. The molecule has 0 aromatic carbocycles. The summed E-state index contributed by atoms with van der Waals surface area (Å²) in [6.45, 7) is 9.35. The van der Waals surface area contributed by atoms with Crippen LogP contribution >= 0.6 is 0 Å². The van der Waals surface area contributed by atoms with Crippen LogP contribution < -0.4 is 10.1 Å². The summed E-state index contributed by atoms with van der Waals surface area (Å²) in [5.74, 6) is 0.879. The molecule has 0 saturated heterocycles. The molecule has 1 aromatic rings. The highest BCUT2D eigenvalue weighted by Gasteiger charge is 2.03. The molecule has 0 saturated carbocycles. The number of nitrogens with zero attached hydrogens (tertiary/aromatic N) is 2. The Labute approximate surface area is 117 Å². The Hall–Kier alpha value is -1.13. The maximum absolute atomic E-state index is 5.25. The number of pyridine rings is 1. The zero-order valence-corrected chi connectivity index (χ0v) is 12.9. The maximum Gasteiger partial charge on any atom is 0.122 e. The standard InChI is InChI=1S/C15H27N3O/c1-12(2)18(4)8-6-7-16-11-14-10-15(19-5)9-13(3)17-14/h9-10,12,16H,6-8,11H2,1-5H3. The predicted molar refractivity (Wildman–Crippen MR) is 79.6 cm³/mol. The molecule has 1 N–H and O–H groups in total. The molecule has 0 fully saturated rings. The number of hydrogen-bond acceptors (Lipinski definition) is 4. The SMILES string of the molecule is COc1cc(C)nc(CNCCCN(C)C(C)C)c1. The second-order valence-electron chi connectivity index (χ2n) is 5.24. The molecule has 0 amide bonds. The molecule has 0 unspecified atom stereocenters. The second kappa shape index (κ2) is 8.12. The Balaban J connectivity index is 2.28. The molecule has 0 radical (unpaired) electrons. The highest BCUT2D eigenvalue weighted by Crippen LogP contribution is 2.12. The zero-order valence-electron chi connectivity index (χ0n) is 12.9. The van der Waals surface area contributed by atoms with E-state index in [0.717, 1.165) is 43.2 Å². The van der Waals surface area contributed by atoms with Crippen LogP contribution in [0.1, 0.15) is 31.7 Å². The van der Waals surface area contributed by atoms with Gasteiger partial charge in [0.2, 0.25) is 0 Å². The highest BCUT2D eigenvalue weighted by molar-refractivity contribution is 5.26. The van der Waals surface area contributed by atoms with Crippen molar-refractivity contribution >= 4 is 0 Å². The second-order valence-corrected chi connectivity index (χ2v) is 5.24. The summed E-state index contributed by atoms with van der Waals surface area (Å²) in [5, 5.41) is 3.43. The molecule has 1 aromatic heterocycles. The van der Waals surface area contributed by atoms with Crippen LogP contribution in [0.25, 0.3) is 0 Å². The van der Waals surface area contributed by atoms with E-state index in [1.54, 1.807) is 7.11 Å². The van der Waals surface area contributed by atoms with Crippen molar-refractivity contribution in [1.29, 1.82) is 0 Å². The molecule has 0 aliphatic rings. The average Bonchev–Trinajstić information content (AvgIpc) is 2.37. The van der Waals surface area contributed by atoms with Gasteiger partial charge in [0.15, 0.2) is 0 Å². The van der Waals surface area contributed by atoms with E-state index in [-0.39, 0.29) is 0 Å². The molecule has 1 rings (SSSR count). The van der Waals surface area contributed by atoms with E-state index >= 15 is 0 Å². The zero-order chi connectivity index (χ0) is 14.3. The lowest BCUT2D eigenvalue weighted by Gasteiger charge is -2.20. The molecular weight excluding hydrogens is 238 g/mol. The van der Waals surface area contributed by atoms with E-state index in [1.165, 1.54) is 0 Å². The van der Waals surface area contributed by atoms with Gasteiger partial charge < -0.3 is 15.0 Å². The van der Waals surface area contributed by atoms with Gasteiger partial charge in [-0.1, -0.05) is 0 Å². The average molecular weight is 265 g/mol. The van der Waals surface area contributed by atoms with E-state index in [9.17, 15) is 0 Å². The van der Waals surface area contributed by atoms with Crippen molar-refractivity contribution in [2.75, 3.05) is 27.2 Å². The molecule has 1 heterocycles. The summed E-state index contributed by atoms with van der Waals surface area (Å²) in [7, 11) is 3.85. The van der Waals surface area contributed by atoms with Gasteiger partial charge in [0.1, 0.15) is 5.75 Å². The third kappa shape index (κ3) is 6.03. The van der Waals surface area contributed by atoms with E-state index in [0.29, 0.717) is 6.04 Å². The molecule has 0 aliphatic carbocycles. The Morgan fingerprint density at radius 1 is 1.37 bits per heavy atom. The van der Waals surface area contributed by atoms with E-state index < -0.39 is 0 Å². The summed E-state index contributed by atoms with van der Waals surface area (Å²) < 4.78 is 5.25. The number of rotatable bonds is 8. The van der Waals surface area contributed by atoms with Crippen molar-refractivity contribution in [3.8, 4) is 5.75 Å². The largest absolute Gasteiger partial charge is 0.497 e. The van der Waals surface area contributed by atoms with Crippen LogP contribution in [0.4, 0.5) is 0 Å². The lowest BCUT2D eigenvalue weighted by atomic mass is 10.2. The number of nitrogens with one attached hydrogen (secondary N) is 1. The van der Waals surface area contributed by atoms with Crippen molar-refractivity contribution in [2.24, 2.45) is 0 Å². The topological polar surface area (TPSA) is 37.4 Å². The number of methoxy groups -OCH3 is 1. The van der Waals surface area contributed by atoms with Crippen molar-refractivity contribution < 1.29 is 4.74 Å². The van der Waals surface area contributed by atoms with Crippen LogP contribution in [0.15, 0.2) is 12.1 Å².